The SMILES string of the molecule is CCC(NC(N)=NCC(C)C)C(C)C. The number of rotatable bonds is 5. The van der Waals surface area contributed by atoms with E-state index in [1.807, 2.05) is 0 Å². The van der Waals surface area contributed by atoms with Crippen molar-refractivity contribution < 1.29 is 0 Å². The molecule has 0 spiro atoms. The third-order valence-electron chi connectivity index (χ3n) is 2.20. The highest BCUT2D eigenvalue weighted by Crippen LogP contribution is 2.04. The summed E-state index contributed by atoms with van der Waals surface area (Å²) in [6.45, 7) is 11.6. The molecule has 0 heterocycles. The van der Waals surface area contributed by atoms with Crippen LogP contribution in [0.2, 0.25) is 0 Å². The lowest BCUT2D eigenvalue weighted by Crippen LogP contribution is -2.42. The van der Waals surface area contributed by atoms with Gasteiger partial charge >= 0.3 is 0 Å². The Balaban J connectivity index is 4.01. The second-order valence-electron chi connectivity index (χ2n) is 4.52. The molecule has 0 saturated heterocycles. The number of nitrogens with zero attached hydrogens (tertiary/aromatic N) is 1. The lowest BCUT2D eigenvalue weighted by Gasteiger charge is -2.21. The largest absolute Gasteiger partial charge is 0.370 e. The second kappa shape index (κ2) is 6.68. The molecule has 0 amide bonds. The van der Waals surface area contributed by atoms with Crippen LogP contribution in [0.1, 0.15) is 41.0 Å². The highest BCUT2D eigenvalue weighted by atomic mass is 15.1. The molecule has 0 aromatic carbocycles. The molecule has 0 fully saturated rings. The predicted molar refractivity (Wildman–Crippen MR) is 63.4 cm³/mol. The van der Waals surface area contributed by atoms with Gasteiger partial charge in [0.25, 0.3) is 0 Å². The zero-order chi connectivity index (χ0) is 11.1. The standard InChI is InChI=1S/C11H25N3/c1-6-10(9(4)5)14-11(12)13-7-8(2)3/h8-10H,6-7H2,1-5H3,(H3,12,13,14). The molecule has 0 aromatic heterocycles. The van der Waals surface area contributed by atoms with Crippen LogP contribution >= 0.6 is 0 Å². The molecule has 0 aliphatic heterocycles. The highest BCUT2D eigenvalue weighted by Gasteiger charge is 2.10. The summed E-state index contributed by atoms with van der Waals surface area (Å²) in [6.07, 6.45) is 1.08. The molecular formula is C11H25N3. The maximum absolute atomic E-state index is 5.78. The molecule has 0 saturated carbocycles. The summed E-state index contributed by atoms with van der Waals surface area (Å²) in [6, 6.07) is 0.436. The Hall–Kier alpha value is -0.730. The molecule has 0 rings (SSSR count). The van der Waals surface area contributed by atoms with Crippen molar-refractivity contribution in [1.29, 1.82) is 0 Å². The van der Waals surface area contributed by atoms with Gasteiger partial charge in [-0.25, -0.2) is 0 Å². The van der Waals surface area contributed by atoms with Crippen LogP contribution in [0.15, 0.2) is 4.99 Å². The van der Waals surface area contributed by atoms with Crippen molar-refractivity contribution in [1.82, 2.24) is 5.32 Å². The fourth-order valence-electron chi connectivity index (χ4n) is 1.26. The van der Waals surface area contributed by atoms with E-state index in [0.29, 0.717) is 23.8 Å². The van der Waals surface area contributed by atoms with Gasteiger partial charge in [-0.1, -0.05) is 34.6 Å². The molecule has 1 unspecified atom stereocenters. The minimum atomic E-state index is 0.436. The Morgan fingerprint density at radius 3 is 2.21 bits per heavy atom. The number of aliphatic imine (C=N–C) groups is 1. The highest BCUT2D eigenvalue weighted by molar-refractivity contribution is 5.78. The molecule has 0 bridgehead atoms. The second-order valence-corrected chi connectivity index (χ2v) is 4.52. The Morgan fingerprint density at radius 2 is 1.86 bits per heavy atom. The summed E-state index contributed by atoms with van der Waals surface area (Å²) in [5.74, 6) is 1.74. The molecule has 14 heavy (non-hydrogen) atoms. The number of hydrogen-bond donors (Lipinski definition) is 2. The molecule has 3 nitrogen and oxygen atoms in total. The fraction of sp³-hybridized carbons (Fsp3) is 0.909. The summed E-state index contributed by atoms with van der Waals surface area (Å²) in [7, 11) is 0. The van der Waals surface area contributed by atoms with Crippen molar-refractivity contribution in [2.75, 3.05) is 6.54 Å². The number of hydrogen-bond acceptors (Lipinski definition) is 1. The van der Waals surface area contributed by atoms with Crippen molar-refractivity contribution >= 4 is 5.96 Å². The van der Waals surface area contributed by atoms with Crippen LogP contribution in [0.5, 0.6) is 0 Å². The third-order valence-corrected chi connectivity index (χ3v) is 2.20. The Kier molecular flexibility index (Phi) is 6.34. The number of guanidine groups is 1. The van der Waals surface area contributed by atoms with Gasteiger partial charge < -0.3 is 11.1 Å². The van der Waals surface area contributed by atoms with Crippen molar-refractivity contribution in [2.45, 2.75) is 47.1 Å². The van der Waals surface area contributed by atoms with E-state index in [-0.39, 0.29) is 0 Å². The van der Waals surface area contributed by atoms with Crippen molar-refractivity contribution in [2.24, 2.45) is 22.6 Å². The molecule has 3 N–H and O–H groups in total. The quantitative estimate of drug-likeness (QED) is 0.525. The Morgan fingerprint density at radius 1 is 1.29 bits per heavy atom. The summed E-state index contributed by atoms with van der Waals surface area (Å²) in [5.41, 5.74) is 5.78. The number of nitrogens with two attached hydrogens (primary N) is 1. The molecule has 0 radical (unpaired) electrons. The van der Waals surface area contributed by atoms with Crippen LogP contribution in [0.4, 0.5) is 0 Å². The van der Waals surface area contributed by atoms with E-state index in [1.54, 1.807) is 0 Å². The fourth-order valence-corrected chi connectivity index (χ4v) is 1.26. The maximum Gasteiger partial charge on any atom is 0.188 e. The van der Waals surface area contributed by atoms with Crippen LogP contribution in [0, 0.1) is 11.8 Å². The molecule has 0 aliphatic rings. The third kappa shape index (κ3) is 5.84. The molecule has 0 aliphatic carbocycles. The van der Waals surface area contributed by atoms with Crippen LogP contribution in [-0.4, -0.2) is 18.5 Å². The molecule has 1 atom stereocenters. The Labute approximate surface area is 88.2 Å². The first-order valence-electron chi connectivity index (χ1n) is 5.53. The van der Waals surface area contributed by atoms with E-state index < -0.39 is 0 Å². The average molecular weight is 199 g/mol. The lowest BCUT2D eigenvalue weighted by atomic mass is 10.0. The minimum absolute atomic E-state index is 0.436. The first-order valence-corrected chi connectivity index (χ1v) is 5.53. The van der Waals surface area contributed by atoms with E-state index in [9.17, 15) is 0 Å². The van der Waals surface area contributed by atoms with Gasteiger partial charge in [0, 0.05) is 12.6 Å². The zero-order valence-electron chi connectivity index (χ0n) is 10.2. The van der Waals surface area contributed by atoms with Crippen LogP contribution < -0.4 is 11.1 Å². The van der Waals surface area contributed by atoms with E-state index in [1.165, 1.54) is 0 Å². The minimum Gasteiger partial charge on any atom is -0.370 e. The van der Waals surface area contributed by atoms with Crippen molar-refractivity contribution in [3.05, 3.63) is 0 Å². The van der Waals surface area contributed by atoms with Gasteiger partial charge in [-0.2, -0.15) is 0 Å². The van der Waals surface area contributed by atoms with E-state index >= 15 is 0 Å². The van der Waals surface area contributed by atoms with Gasteiger partial charge in [0.15, 0.2) is 5.96 Å². The predicted octanol–water partition coefficient (Wildman–Crippen LogP) is 1.98. The summed E-state index contributed by atoms with van der Waals surface area (Å²) in [4.78, 5) is 4.28. The molecule has 3 heteroatoms. The monoisotopic (exact) mass is 199 g/mol. The van der Waals surface area contributed by atoms with Crippen LogP contribution in [0.25, 0.3) is 0 Å². The zero-order valence-corrected chi connectivity index (χ0v) is 10.2. The van der Waals surface area contributed by atoms with Gasteiger partial charge in [-0.3, -0.25) is 4.99 Å². The molecule has 0 aromatic rings. The lowest BCUT2D eigenvalue weighted by molar-refractivity contribution is 0.439. The van der Waals surface area contributed by atoms with Gasteiger partial charge in [-0.05, 0) is 18.3 Å². The van der Waals surface area contributed by atoms with E-state index in [2.05, 4.69) is 44.9 Å². The number of nitrogens with one attached hydrogen (secondary N) is 1. The Bertz CT molecular complexity index is 173. The summed E-state index contributed by atoms with van der Waals surface area (Å²) < 4.78 is 0. The first kappa shape index (κ1) is 13.3. The molecular weight excluding hydrogens is 174 g/mol. The summed E-state index contributed by atoms with van der Waals surface area (Å²) in [5, 5.41) is 3.25. The average Bonchev–Trinajstić information content (AvgIpc) is 2.10. The van der Waals surface area contributed by atoms with Gasteiger partial charge in [0.2, 0.25) is 0 Å². The van der Waals surface area contributed by atoms with E-state index in [0.717, 1.165) is 13.0 Å². The van der Waals surface area contributed by atoms with Crippen molar-refractivity contribution in [3.63, 3.8) is 0 Å². The maximum atomic E-state index is 5.78. The normalized spacial score (nSPS) is 14.9. The van der Waals surface area contributed by atoms with Crippen LogP contribution in [0.3, 0.4) is 0 Å². The smallest absolute Gasteiger partial charge is 0.188 e. The van der Waals surface area contributed by atoms with E-state index in [4.69, 9.17) is 5.73 Å². The van der Waals surface area contributed by atoms with Crippen molar-refractivity contribution in [3.8, 4) is 0 Å². The first-order chi connectivity index (χ1) is 6.47. The summed E-state index contributed by atoms with van der Waals surface area (Å²) >= 11 is 0. The van der Waals surface area contributed by atoms with Gasteiger partial charge in [0.1, 0.15) is 0 Å². The van der Waals surface area contributed by atoms with Gasteiger partial charge in [-0.15, -0.1) is 0 Å². The van der Waals surface area contributed by atoms with Gasteiger partial charge in [0.05, 0.1) is 0 Å². The van der Waals surface area contributed by atoms with Crippen LogP contribution in [-0.2, 0) is 0 Å². The molecule has 84 valence electrons. The topological polar surface area (TPSA) is 50.4 Å².